The molecule has 0 saturated carbocycles. The molecule has 19 heavy (non-hydrogen) atoms. The highest BCUT2D eigenvalue weighted by Crippen LogP contribution is 2.37. The summed E-state index contributed by atoms with van der Waals surface area (Å²) in [7, 11) is 0. The molecule has 0 spiro atoms. The van der Waals surface area contributed by atoms with Crippen molar-refractivity contribution in [2.24, 2.45) is 0 Å². The molecule has 0 amide bonds. The molecule has 0 bridgehead atoms. The average Bonchev–Trinajstić information content (AvgIpc) is 2.38. The van der Waals surface area contributed by atoms with Gasteiger partial charge in [-0.15, -0.1) is 0 Å². The number of hydrogen-bond donors (Lipinski definition) is 0. The van der Waals surface area contributed by atoms with E-state index in [9.17, 15) is 10.0 Å². The number of esters is 1. The molecule has 0 aliphatic carbocycles. The molecule has 0 aromatic heterocycles. The first kappa shape index (κ1) is 12.2. The quantitative estimate of drug-likeness (QED) is 0.350. The fourth-order valence-corrected chi connectivity index (χ4v) is 2.79. The van der Waals surface area contributed by atoms with Crippen molar-refractivity contribution in [3.63, 3.8) is 0 Å². The molecule has 3 rings (SSSR count). The van der Waals surface area contributed by atoms with Crippen LogP contribution in [0.3, 0.4) is 0 Å². The van der Waals surface area contributed by atoms with Gasteiger partial charge in [-0.3, -0.25) is 0 Å². The molecule has 1 aromatic carbocycles. The zero-order valence-corrected chi connectivity index (χ0v) is 10.7. The third kappa shape index (κ3) is 2.00. The van der Waals surface area contributed by atoms with E-state index in [0.717, 1.165) is 10.3 Å². The van der Waals surface area contributed by atoms with Gasteiger partial charge in [0.15, 0.2) is 6.54 Å². The van der Waals surface area contributed by atoms with Crippen LogP contribution in [0, 0.1) is 5.21 Å². The van der Waals surface area contributed by atoms with Crippen molar-refractivity contribution < 1.29 is 19.0 Å². The van der Waals surface area contributed by atoms with Crippen LogP contribution in [-0.2, 0) is 9.53 Å². The highest BCUT2D eigenvalue weighted by Gasteiger charge is 2.44. The SMILES string of the molecule is CCO[C@@H]1C[C@H]2C(=[N+]([O-])C1)C(=O)Oc1ccccc12. The Balaban J connectivity index is 2.04. The number of hydrogen-bond acceptors (Lipinski definition) is 4. The molecule has 2 heterocycles. The largest absolute Gasteiger partial charge is 0.623 e. The number of carbonyl (C=O) groups is 1. The van der Waals surface area contributed by atoms with E-state index in [1.807, 2.05) is 25.1 Å². The Morgan fingerprint density at radius 3 is 3.05 bits per heavy atom. The van der Waals surface area contributed by atoms with Gasteiger partial charge in [0, 0.05) is 12.2 Å². The predicted molar refractivity (Wildman–Crippen MR) is 68.4 cm³/mol. The Morgan fingerprint density at radius 1 is 1.47 bits per heavy atom. The second-order valence-electron chi connectivity index (χ2n) is 4.74. The van der Waals surface area contributed by atoms with E-state index in [0.29, 0.717) is 18.8 Å². The maximum atomic E-state index is 12.0. The molecule has 0 radical (unpaired) electrons. The van der Waals surface area contributed by atoms with Gasteiger partial charge in [-0.05, 0) is 19.4 Å². The van der Waals surface area contributed by atoms with Gasteiger partial charge in [0.25, 0.3) is 5.71 Å². The monoisotopic (exact) mass is 261 g/mol. The van der Waals surface area contributed by atoms with E-state index in [2.05, 4.69) is 0 Å². The van der Waals surface area contributed by atoms with E-state index in [-0.39, 0.29) is 24.3 Å². The molecule has 100 valence electrons. The summed E-state index contributed by atoms with van der Waals surface area (Å²) in [6.07, 6.45) is 0.504. The van der Waals surface area contributed by atoms with Gasteiger partial charge >= 0.3 is 5.97 Å². The molecule has 2 atom stereocenters. The number of benzene rings is 1. The van der Waals surface area contributed by atoms with Crippen LogP contribution in [0.25, 0.3) is 0 Å². The standard InChI is InChI=1S/C14H15NO4/c1-2-18-9-7-11-10-5-3-4-6-12(10)19-14(16)13(11)15(17)8-9/h3-6,9,11H,2,7-8H2,1H3/t9-,11-/m1/s1. The summed E-state index contributed by atoms with van der Waals surface area (Å²) in [5.74, 6) is -0.208. The van der Waals surface area contributed by atoms with Crippen LogP contribution in [0.1, 0.15) is 24.8 Å². The van der Waals surface area contributed by atoms with E-state index in [1.165, 1.54) is 0 Å². The third-order valence-corrected chi connectivity index (χ3v) is 3.58. The van der Waals surface area contributed by atoms with Gasteiger partial charge in [0.2, 0.25) is 0 Å². The molecule has 5 heteroatoms. The third-order valence-electron chi connectivity index (χ3n) is 3.58. The van der Waals surface area contributed by atoms with Gasteiger partial charge in [-0.1, -0.05) is 18.2 Å². The highest BCUT2D eigenvalue weighted by atomic mass is 16.5. The minimum Gasteiger partial charge on any atom is -0.623 e. The lowest BCUT2D eigenvalue weighted by Gasteiger charge is -2.31. The van der Waals surface area contributed by atoms with Crippen LogP contribution in [0.15, 0.2) is 24.3 Å². The zero-order valence-electron chi connectivity index (χ0n) is 10.7. The van der Waals surface area contributed by atoms with Crippen LogP contribution < -0.4 is 4.74 Å². The first-order valence-electron chi connectivity index (χ1n) is 6.45. The van der Waals surface area contributed by atoms with Crippen molar-refractivity contribution in [2.45, 2.75) is 25.4 Å². The summed E-state index contributed by atoms with van der Waals surface area (Å²) in [5, 5.41) is 12.0. The lowest BCUT2D eigenvalue weighted by Crippen LogP contribution is -2.46. The molecule has 0 unspecified atom stereocenters. The number of rotatable bonds is 2. The van der Waals surface area contributed by atoms with Gasteiger partial charge in [0.1, 0.15) is 11.9 Å². The van der Waals surface area contributed by atoms with Crippen molar-refractivity contribution in [3.05, 3.63) is 35.0 Å². The summed E-state index contributed by atoms with van der Waals surface area (Å²) in [4.78, 5) is 11.9. The van der Waals surface area contributed by atoms with Gasteiger partial charge in [0.05, 0.1) is 5.92 Å². The molecule has 1 aromatic rings. The molecule has 5 nitrogen and oxygen atoms in total. The van der Waals surface area contributed by atoms with Crippen LogP contribution >= 0.6 is 0 Å². The molecular formula is C14H15NO4. The van der Waals surface area contributed by atoms with E-state index < -0.39 is 5.97 Å². The number of ether oxygens (including phenoxy) is 2. The summed E-state index contributed by atoms with van der Waals surface area (Å²) < 4.78 is 11.5. The summed E-state index contributed by atoms with van der Waals surface area (Å²) in [6.45, 7) is 2.65. The molecule has 2 aliphatic rings. The van der Waals surface area contributed by atoms with E-state index >= 15 is 0 Å². The first-order valence-corrected chi connectivity index (χ1v) is 6.45. The average molecular weight is 261 g/mol. The Labute approximate surface area is 111 Å². The van der Waals surface area contributed by atoms with Crippen LogP contribution in [0.4, 0.5) is 0 Å². The fourth-order valence-electron chi connectivity index (χ4n) is 2.79. The van der Waals surface area contributed by atoms with Crippen molar-refractivity contribution in [3.8, 4) is 5.75 Å². The first-order chi connectivity index (χ1) is 9.20. The maximum Gasteiger partial charge on any atom is 0.405 e. The van der Waals surface area contributed by atoms with Gasteiger partial charge in [-0.2, -0.15) is 4.74 Å². The Bertz CT molecular complexity index is 552. The van der Waals surface area contributed by atoms with Crippen LogP contribution in [0.2, 0.25) is 0 Å². The topological polar surface area (TPSA) is 61.6 Å². The maximum absolute atomic E-state index is 12.0. The van der Waals surface area contributed by atoms with Crippen molar-refractivity contribution in [1.29, 1.82) is 0 Å². The molecule has 0 N–H and O–H groups in total. The van der Waals surface area contributed by atoms with Crippen LogP contribution in [0.5, 0.6) is 5.75 Å². The number of fused-ring (bicyclic) bond motifs is 3. The number of nitrogens with zero attached hydrogens (tertiary/aromatic N) is 1. The van der Waals surface area contributed by atoms with Crippen molar-refractivity contribution in [1.82, 2.24) is 0 Å². The van der Waals surface area contributed by atoms with E-state index in [1.54, 1.807) is 6.07 Å². The molecular weight excluding hydrogens is 246 g/mol. The van der Waals surface area contributed by atoms with Gasteiger partial charge < -0.3 is 14.7 Å². The summed E-state index contributed by atoms with van der Waals surface area (Å²) in [6, 6.07) is 7.35. The predicted octanol–water partition coefficient (Wildman–Crippen LogP) is 1.45. The Kier molecular flexibility index (Phi) is 2.98. The van der Waals surface area contributed by atoms with Gasteiger partial charge in [-0.25, -0.2) is 4.79 Å². The second-order valence-corrected chi connectivity index (χ2v) is 4.74. The molecule has 0 saturated heterocycles. The van der Waals surface area contributed by atoms with E-state index in [4.69, 9.17) is 9.47 Å². The zero-order chi connectivity index (χ0) is 13.4. The lowest BCUT2D eigenvalue weighted by molar-refractivity contribution is -0.477. The highest BCUT2D eigenvalue weighted by molar-refractivity contribution is 6.38. The number of carbonyl (C=O) groups excluding carboxylic acids is 1. The second kappa shape index (κ2) is 4.66. The number of hydroxylamine groups is 1. The summed E-state index contributed by atoms with van der Waals surface area (Å²) >= 11 is 0. The number of para-hydroxylation sites is 1. The minimum atomic E-state index is -0.534. The smallest absolute Gasteiger partial charge is 0.405 e. The normalized spacial score (nSPS) is 25.6. The lowest BCUT2D eigenvalue weighted by atomic mass is 9.84. The Morgan fingerprint density at radius 2 is 2.26 bits per heavy atom. The van der Waals surface area contributed by atoms with Crippen LogP contribution in [-0.4, -0.2) is 35.7 Å². The Hall–Kier alpha value is -1.88. The van der Waals surface area contributed by atoms with Crippen molar-refractivity contribution in [2.75, 3.05) is 13.2 Å². The molecule has 2 aliphatic heterocycles. The van der Waals surface area contributed by atoms with Crippen molar-refractivity contribution >= 4 is 11.7 Å². The minimum absolute atomic E-state index is 0.143. The summed E-state index contributed by atoms with van der Waals surface area (Å²) in [5.41, 5.74) is 1.09. The molecule has 0 fully saturated rings. The fraction of sp³-hybridized carbons (Fsp3) is 0.429.